The van der Waals surface area contributed by atoms with Gasteiger partial charge in [0.2, 0.25) is 0 Å². The van der Waals surface area contributed by atoms with Crippen molar-refractivity contribution >= 4 is 22.6 Å². The van der Waals surface area contributed by atoms with Crippen LogP contribution >= 0.6 is 0 Å². The molecule has 2 fully saturated rings. The summed E-state index contributed by atoms with van der Waals surface area (Å²) in [6, 6.07) is 0. The molecule has 3 heterocycles. The van der Waals surface area contributed by atoms with Crippen molar-refractivity contribution in [2.75, 3.05) is 6.61 Å². The van der Waals surface area contributed by atoms with Crippen molar-refractivity contribution in [2.45, 2.75) is 140 Å². The first kappa shape index (κ1) is 28.1. The van der Waals surface area contributed by atoms with Gasteiger partial charge in [-0.1, -0.05) is 41.5 Å². The molecule has 34 heavy (non-hydrogen) atoms. The molecule has 6 nitrogen and oxygen atoms in total. The monoisotopic (exact) mass is 512 g/mol. The molecule has 0 N–H and O–H groups in total. The molecule has 0 spiro atoms. The fraction of sp³-hybridized carbons (Fsp3) is 0.885. The first-order chi connectivity index (χ1) is 15.5. The number of cyclic esters (lactones) is 1. The highest BCUT2D eigenvalue weighted by Gasteiger charge is 2.47. The third-order valence-corrected chi connectivity index (χ3v) is 17.7. The number of carbonyl (C=O) groups is 1. The predicted molar refractivity (Wildman–Crippen MR) is 140 cm³/mol. The van der Waals surface area contributed by atoms with Crippen molar-refractivity contribution in [3.63, 3.8) is 0 Å². The molecule has 2 saturated heterocycles. The van der Waals surface area contributed by atoms with Gasteiger partial charge in [-0.2, -0.15) is 0 Å². The molecule has 0 aromatic carbocycles. The fourth-order valence-electron chi connectivity index (χ4n) is 4.31. The van der Waals surface area contributed by atoms with Crippen molar-refractivity contribution < 1.29 is 27.9 Å². The highest BCUT2D eigenvalue weighted by molar-refractivity contribution is 6.74. The molecule has 0 aliphatic carbocycles. The molecule has 0 saturated carbocycles. The molecule has 0 aromatic rings. The van der Waals surface area contributed by atoms with E-state index in [0.29, 0.717) is 6.61 Å². The smallest absolute Gasteiger partial charge is 0.331 e. The van der Waals surface area contributed by atoms with Crippen LogP contribution in [-0.2, 0) is 27.9 Å². The lowest BCUT2D eigenvalue weighted by atomic mass is 10.0. The van der Waals surface area contributed by atoms with Crippen LogP contribution in [0.4, 0.5) is 0 Å². The molecular weight excluding hydrogens is 464 g/mol. The molecule has 0 unspecified atom stereocenters. The second-order valence-electron chi connectivity index (χ2n) is 13.3. The minimum absolute atomic E-state index is 0.00995. The van der Waals surface area contributed by atoms with Crippen molar-refractivity contribution in [3.8, 4) is 0 Å². The number of hydrogen-bond donors (Lipinski definition) is 0. The summed E-state index contributed by atoms with van der Waals surface area (Å²) in [5.74, 6) is -0.276. The van der Waals surface area contributed by atoms with E-state index in [1.165, 1.54) is 6.08 Å². The maximum Gasteiger partial charge on any atom is 0.331 e. The van der Waals surface area contributed by atoms with Crippen LogP contribution in [0.3, 0.4) is 0 Å². The SMILES string of the molecule is CC(C)(C)[Si](C)(C)OC[C@@H](O[Si](C)(C)C(C)(C)C)[C@H]1CC[C@H]([C@@H]2CC[C@H]([C@H]3C=CC(=O)O3)O2)O1. The zero-order chi connectivity index (χ0) is 25.5. The third kappa shape index (κ3) is 6.42. The number of ether oxygens (including phenoxy) is 3. The maximum absolute atomic E-state index is 11.4. The van der Waals surface area contributed by atoms with Crippen LogP contribution in [0.15, 0.2) is 12.2 Å². The zero-order valence-corrected chi connectivity index (χ0v) is 25.1. The second kappa shape index (κ2) is 10.1. The first-order valence-corrected chi connectivity index (χ1v) is 18.8. The molecule has 3 aliphatic heterocycles. The van der Waals surface area contributed by atoms with Crippen molar-refractivity contribution in [2.24, 2.45) is 0 Å². The molecule has 0 amide bonds. The molecule has 0 radical (unpaired) electrons. The number of hydrogen-bond acceptors (Lipinski definition) is 6. The maximum atomic E-state index is 11.4. The number of carbonyl (C=O) groups excluding carboxylic acids is 1. The average molecular weight is 513 g/mol. The second-order valence-corrected chi connectivity index (χ2v) is 22.9. The van der Waals surface area contributed by atoms with Gasteiger partial charge in [-0.05, 0) is 68.0 Å². The van der Waals surface area contributed by atoms with Gasteiger partial charge in [0.1, 0.15) is 6.10 Å². The van der Waals surface area contributed by atoms with E-state index in [1.54, 1.807) is 0 Å². The van der Waals surface area contributed by atoms with Crippen LogP contribution in [0.1, 0.15) is 67.2 Å². The van der Waals surface area contributed by atoms with Crippen LogP contribution in [0, 0.1) is 0 Å². The quantitative estimate of drug-likeness (QED) is 0.295. The van der Waals surface area contributed by atoms with Crippen LogP contribution in [0.2, 0.25) is 36.3 Å². The first-order valence-electron chi connectivity index (χ1n) is 13.0. The lowest BCUT2D eigenvalue weighted by Crippen LogP contribution is -2.51. The van der Waals surface area contributed by atoms with Gasteiger partial charge in [-0.3, -0.25) is 0 Å². The van der Waals surface area contributed by atoms with Gasteiger partial charge >= 0.3 is 5.97 Å². The summed E-state index contributed by atoms with van der Waals surface area (Å²) in [6.07, 6.45) is 6.73. The summed E-state index contributed by atoms with van der Waals surface area (Å²) in [4.78, 5) is 11.4. The van der Waals surface area contributed by atoms with Gasteiger partial charge in [-0.15, -0.1) is 0 Å². The Kier molecular flexibility index (Phi) is 8.33. The summed E-state index contributed by atoms with van der Waals surface area (Å²) in [7, 11) is -3.90. The van der Waals surface area contributed by atoms with Crippen LogP contribution in [-0.4, -0.2) is 65.8 Å². The summed E-state index contributed by atoms with van der Waals surface area (Å²) < 4.78 is 31.9. The van der Waals surface area contributed by atoms with Crippen LogP contribution < -0.4 is 0 Å². The summed E-state index contributed by atoms with van der Waals surface area (Å²) in [6.45, 7) is 23.4. The fourth-order valence-corrected chi connectivity index (χ4v) is 6.65. The van der Waals surface area contributed by atoms with Gasteiger partial charge in [0.15, 0.2) is 16.6 Å². The Morgan fingerprint density at radius 1 is 0.882 bits per heavy atom. The standard InChI is InChI=1S/C26H48O6Si2/c1-25(2,3)33(7,8)28-17-23(32-34(9,10)26(4,5)6)22-14-13-19(30-22)18-11-12-20(29-18)21-15-16-24(27)31-21/h15-16,18-23H,11-14,17H2,1-10H3/t18-,19+,20+,21+,22+,23+/m0/s1. The highest BCUT2D eigenvalue weighted by Crippen LogP contribution is 2.41. The molecule has 6 atom stereocenters. The molecule has 0 aromatic heterocycles. The minimum atomic E-state index is -2.00. The molecular formula is C26H48O6Si2. The molecule has 196 valence electrons. The summed E-state index contributed by atoms with van der Waals surface area (Å²) in [5.41, 5.74) is 0. The van der Waals surface area contributed by atoms with Crippen LogP contribution in [0.25, 0.3) is 0 Å². The molecule has 3 rings (SSSR count). The van der Waals surface area contributed by atoms with Gasteiger partial charge in [-0.25, -0.2) is 4.79 Å². The Hall–Kier alpha value is -0.516. The van der Waals surface area contributed by atoms with Crippen molar-refractivity contribution in [1.29, 1.82) is 0 Å². The van der Waals surface area contributed by atoms with Crippen molar-refractivity contribution in [3.05, 3.63) is 12.2 Å². The normalized spacial score (nSPS) is 31.8. The lowest BCUT2D eigenvalue weighted by molar-refractivity contribution is -0.147. The topological polar surface area (TPSA) is 63.2 Å². The molecule has 3 aliphatic rings. The predicted octanol–water partition coefficient (Wildman–Crippen LogP) is 5.98. The largest absolute Gasteiger partial charge is 0.452 e. The van der Waals surface area contributed by atoms with E-state index in [-0.39, 0.29) is 52.7 Å². The Morgan fingerprint density at radius 2 is 1.44 bits per heavy atom. The van der Waals surface area contributed by atoms with Crippen LogP contribution in [0.5, 0.6) is 0 Å². The Balaban J connectivity index is 1.65. The Labute approximate surface area is 209 Å². The van der Waals surface area contributed by atoms with E-state index < -0.39 is 16.6 Å². The highest BCUT2D eigenvalue weighted by atomic mass is 28.4. The minimum Gasteiger partial charge on any atom is -0.452 e. The van der Waals surface area contributed by atoms with Gasteiger partial charge in [0.25, 0.3) is 0 Å². The lowest BCUT2D eigenvalue weighted by Gasteiger charge is -2.43. The zero-order valence-electron chi connectivity index (χ0n) is 23.1. The van der Waals surface area contributed by atoms with E-state index in [9.17, 15) is 4.79 Å². The summed E-state index contributed by atoms with van der Waals surface area (Å²) >= 11 is 0. The molecule has 8 heteroatoms. The van der Waals surface area contributed by atoms with Gasteiger partial charge < -0.3 is 23.1 Å². The van der Waals surface area contributed by atoms with E-state index >= 15 is 0 Å². The summed E-state index contributed by atoms with van der Waals surface area (Å²) in [5, 5.41) is 0.271. The van der Waals surface area contributed by atoms with Gasteiger partial charge in [0, 0.05) is 6.08 Å². The Bertz CT molecular complexity index is 751. The van der Waals surface area contributed by atoms with E-state index in [0.717, 1.165) is 25.7 Å². The van der Waals surface area contributed by atoms with Gasteiger partial charge in [0.05, 0.1) is 37.1 Å². The van der Waals surface area contributed by atoms with E-state index in [1.807, 2.05) is 6.08 Å². The third-order valence-electron chi connectivity index (χ3n) is 8.71. The Morgan fingerprint density at radius 3 is 2.00 bits per heavy atom. The molecule has 0 bridgehead atoms. The number of rotatable bonds is 8. The van der Waals surface area contributed by atoms with E-state index in [2.05, 4.69) is 67.7 Å². The van der Waals surface area contributed by atoms with Crippen molar-refractivity contribution in [1.82, 2.24) is 0 Å². The number of esters is 1. The average Bonchev–Trinajstić information content (AvgIpc) is 3.42. The van der Waals surface area contributed by atoms with E-state index in [4.69, 9.17) is 23.1 Å².